The van der Waals surface area contributed by atoms with Crippen LogP contribution in [0.3, 0.4) is 0 Å². The van der Waals surface area contributed by atoms with Gasteiger partial charge in [0.2, 0.25) is 0 Å². The van der Waals surface area contributed by atoms with Gasteiger partial charge in [0.05, 0.1) is 0 Å². The number of hydrogen-bond donors (Lipinski definition) is 2. The predicted molar refractivity (Wildman–Crippen MR) is 142 cm³/mol. The Hall–Kier alpha value is -3.83. The normalized spacial score (nSPS) is 15.0. The maximum atomic E-state index is 13.2. The molecular weight excluding hydrogens is 494 g/mol. The number of halogens is 2. The maximum Gasteiger partial charge on any atom is 0.410 e. The number of benzene rings is 1. The second kappa shape index (κ2) is 15.4. The second-order valence-corrected chi connectivity index (χ2v) is 8.42. The van der Waals surface area contributed by atoms with Gasteiger partial charge >= 0.3 is 6.09 Å². The van der Waals surface area contributed by atoms with Crippen LogP contribution in [0.2, 0.25) is 0 Å². The van der Waals surface area contributed by atoms with Crippen molar-refractivity contribution >= 4 is 17.7 Å². The first kappa shape index (κ1) is 28.7. The zero-order valence-corrected chi connectivity index (χ0v) is 21.5. The van der Waals surface area contributed by atoms with Gasteiger partial charge in [0, 0.05) is 84.0 Å². The van der Waals surface area contributed by atoms with Gasteiger partial charge in [-0.05, 0) is 17.7 Å². The number of aliphatic hydroxyl groups excluding tert-OH is 1. The van der Waals surface area contributed by atoms with E-state index in [0.29, 0.717) is 32.0 Å². The first-order valence-electron chi connectivity index (χ1n) is 12.4. The lowest BCUT2D eigenvalue weighted by Gasteiger charge is -2.34. The molecule has 2 aromatic heterocycles. The highest BCUT2D eigenvalue weighted by Gasteiger charge is 2.23. The Morgan fingerprint density at radius 1 is 0.842 bits per heavy atom. The highest BCUT2D eigenvalue weighted by atomic mass is 19.1. The summed E-state index contributed by atoms with van der Waals surface area (Å²) in [4.78, 5) is 26.1. The molecule has 2 saturated heterocycles. The van der Waals surface area contributed by atoms with E-state index >= 15 is 0 Å². The zero-order chi connectivity index (χ0) is 27.2. The van der Waals surface area contributed by atoms with Crippen molar-refractivity contribution in [1.29, 1.82) is 0 Å². The smallest absolute Gasteiger partial charge is 0.410 e. The van der Waals surface area contributed by atoms with E-state index in [1.165, 1.54) is 36.7 Å². The predicted octanol–water partition coefficient (Wildman–Crippen LogP) is 2.92. The third-order valence-corrected chi connectivity index (χ3v) is 5.92. The lowest BCUT2D eigenvalue weighted by molar-refractivity contribution is 0.0941. The van der Waals surface area contributed by atoms with Gasteiger partial charge in [0.25, 0.3) is 0 Å². The number of nitrogens with zero attached hydrogens (tertiary/aromatic N) is 5. The average Bonchev–Trinajstić information content (AvgIpc) is 2.98. The highest BCUT2D eigenvalue weighted by Crippen LogP contribution is 2.15. The molecule has 0 unspecified atom stereocenters. The van der Waals surface area contributed by atoms with E-state index in [1.54, 1.807) is 4.90 Å². The van der Waals surface area contributed by atoms with E-state index in [-0.39, 0.29) is 24.3 Å². The molecule has 38 heavy (non-hydrogen) atoms. The van der Waals surface area contributed by atoms with Gasteiger partial charge in [-0.15, -0.1) is 0 Å². The van der Waals surface area contributed by atoms with Crippen molar-refractivity contribution in [1.82, 2.24) is 20.2 Å². The number of anilines is 2. The maximum absolute atomic E-state index is 13.2. The van der Waals surface area contributed by atoms with Crippen LogP contribution < -0.4 is 15.1 Å². The summed E-state index contributed by atoms with van der Waals surface area (Å²) in [5.41, 5.74) is 0.962. The molecule has 2 N–H and O–H groups in total. The molecule has 9 nitrogen and oxygen atoms in total. The Bertz CT molecular complexity index is 1110. The molecule has 0 atom stereocenters. The summed E-state index contributed by atoms with van der Waals surface area (Å²) in [7, 11) is 1.00. The van der Waals surface area contributed by atoms with Gasteiger partial charge < -0.3 is 29.9 Å². The number of carbonyl (C=O) groups is 1. The molecule has 2 fully saturated rings. The van der Waals surface area contributed by atoms with Crippen LogP contribution in [0.4, 0.5) is 25.2 Å². The molecule has 4 heterocycles. The minimum atomic E-state index is -0.319. The molecule has 1 aromatic carbocycles. The van der Waals surface area contributed by atoms with Gasteiger partial charge in [0.1, 0.15) is 29.9 Å². The van der Waals surface area contributed by atoms with Crippen molar-refractivity contribution < 1.29 is 23.4 Å². The lowest BCUT2D eigenvalue weighted by atomic mass is 10.2. The molecule has 11 heteroatoms. The third-order valence-electron chi connectivity index (χ3n) is 5.92. The van der Waals surface area contributed by atoms with Gasteiger partial charge in [0.15, 0.2) is 0 Å². The Morgan fingerprint density at radius 2 is 1.37 bits per heavy atom. The van der Waals surface area contributed by atoms with E-state index in [1.807, 2.05) is 35.2 Å². The number of pyridine rings is 2. The van der Waals surface area contributed by atoms with Crippen molar-refractivity contribution in [3.8, 4) is 0 Å². The number of hydrogen-bond acceptors (Lipinski definition) is 8. The molecule has 2 aliphatic heterocycles. The number of aromatic nitrogens is 2. The fourth-order valence-electron chi connectivity index (χ4n) is 3.96. The van der Waals surface area contributed by atoms with Crippen LogP contribution in [0.5, 0.6) is 0 Å². The molecule has 0 aliphatic carbocycles. The van der Waals surface area contributed by atoms with E-state index < -0.39 is 0 Å². The fraction of sp³-hybridized carbons (Fsp3) is 0.370. The van der Waals surface area contributed by atoms with Crippen LogP contribution in [0.15, 0.2) is 67.0 Å². The van der Waals surface area contributed by atoms with E-state index in [2.05, 4.69) is 20.2 Å². The largest absolute Gasteiger partial charge is 0.445 e. The Labute approximate surface area is 221 Å². The molecule has 0 bridgehead atoms. The topological polar surface area (TPSA) is 94.1 Å². The van der Waals surface area contributed by atoms with Crippen LogP contribution in [0.1, 0.15) is 5.56 Å². The summed E-state index contributed by atoms with van der Waals surface area (Å²) in [5.74, 6) is 0.812. The summed E-state index contributed by atoms with van der Waals surface area (Å²) in [6.07, 6.45) is 2.64. The van der Waals surface area contributed by atoms with Crippen molar-refractivity contribution in [2.45, 2.75) is 6.61 Å². The van der Waals surface area contributed by atoms with Gasteiger partial charge in [-0.25, -0.2) is 23.5 Å². The Morgan fingerprint density at radius 3 is 1.89 bits per heavy atom. The SMILES string of the molecule is CO.Fc1ccnc(N2CCNCC2)c1.O=C(OCc1ccccc1)N1CCN(c2cc(F)ccn2)CC1. The van der Waals surface area contributed by atoms with E-state index in [0.717, 1.165) is 44.7 Å². The number of amides is 1. The van der Waals surface area contributed by atoms with Crippen LogP contribution >= 0.6 is 0 Å². The summed E-state index contributed by atoms with van der Waals surface area (Å²) in [6.45, 7) is 6.24. The first-order chi connectivity index (χ1) is 18.6. The molecular formula is C27H34F2N6O3. The third kappa shape index (κ3) is 8.93. The molecule has 5 rings (SSSR count). The van der Waals surface area contributed by atoms with Crippen LogP contribution in [0, 0.1) is 11.6 Å². The summed E-state index contributed by atoms with van der Waals surface area (Å²) in [6, 6.07) is 15.1. The summed E-state index contributed by atoms with van der Waals surface area (Å²) >= 11 is 0. The van der Waals surface area contributed by atoms with Crippen molar-refractivity contribution in [3.05, 3.63) is 84.2 Å². The van der Waals surface area contributed by atoms with Gasteiger partial charge in [-0.3, -0.25) is 0 Å². The van der Waals surface area contributed by atoms with Gasteiger partial charge in [-0.2, -0.15) is 0 Å². The zero-order valence-electron chi connectivity index (χ0n) is 21.5. The molecule has 1 amide bonds. The monoisotopic (exact) mass is 528 g/mol. The minimum Gasteiger partial charge on any atom is -0.445 e. The second-order valence-electron chi connectivity index (χ2n) is 8.42. The van der Waals surface area contributed by atoms with Crippen LogP contribution in [-0.2, 0) is 11.3 Å². The molecule has 0 spiro atoms. The van der Waals surface area contributed by atoms with Crippen molar-refractivity contribution in [2.24, 2.45) is 0 Å². The number of ether oxygens (including phenoxy) is 1. The van der Waals surface area contributed by atoms with Crippen molar-refractivity contribution in [3.63, 3.8) is 0 Å². The Balaban J connectivity index is 0.000000225. The lowest BCUT2D eigenvalue weighted by Crippen LogP contribution is -2.49. The standard InChI is InChI=1S/C17H18FN3O2.C9H12FN3.CH4O/c18-15-6-7-19-16(12-15)20-8-10-21(11-9-20)17(22)23-13-14-4-2-1-3-5-14;10-8-1-2-12-9(7-8)13-5-3-11-4-6-13;1-2/h1-7,12H,8-11,13H2;1-2,7,11H,3-6H2;2H,1H3. The van der Waals surface area contributed by atoms with Gasteiger partial charge in [-0.1, -0.05) is 30.3 Å². The van der Waals surface area contributed by atoms with Crippen molar-refractivity contribution in [2.75, 3.05) is 69.3 Å². The molecule has 3 aromatic rings. The first-order valence-corrected chi connectivity index (χ1v) is 12.4. The average molecular weight is 529 g/mol. The minimum absolute atomic E-state index is 0.219. The number of carbonyl (C=O) groups excluding carboxylic acids is 1. The van der Waals surface area contributed by atoms with Crippen LogP contribution in [0.25, 0.3) is 0 Å². The number of rotatable bonds is 4. The Kier molecular flexibility index (Phi) is 11.7. The van der Waals surface area contributed by atoms with E-state index in [4.69, 9.17) is 9.84 Å². The number of piperazine rings is 2. The van der Waals surface area contributed by atoms with Crippen LogP contribution in [-0.4, -0.2) is 85.5 Å². The number of nitrogens with one attached hydrogen (secondary N) is 1. The molecule has 2 aliphatic rings. The molecule has 0 radical (unpaired) electrons. The highest BCUT2D eigenvalue weighted by molar-refractivity contribution is 5.68. The summed E-state index contributed by atoms with van der Waals surface area (Å²) in [5, 5.41) is 10.2. The number of aliphatic hydroxyl groups is 1. The quantitative estimate of drug-likeness (QED) is 0.534. The van der Waals surface area contributed by atoms with E-state index in [9.17, 15) is 13.6 Å². The summed E-state index contributed by atoms with van der Waals surface area (Å²) < 4.78 is 31.4. The molecule has 204 valence electrons. The fourth-order valence-corrected chi connectivity index (χ4v) is 3.96. The molecule has 0 saturated carbocycles.